The van der Waals surface area contributed by atoms with Crippen molar-refractivity contribution in [3.05, 3.63) is 24.3 Å². The van der Waals surface area contributed by atoms with E-state index in [9.17, 15) is 0 Å². The van der Waals surface area contributed by atoms with Crippen LogP contribution in [0.15, 0.2) is 24.3 Å². The lowest BCUT2D eigenvalue weighted by atomic mass is 10.1. The minimum absolute atomic E-state index is 0. The molecule has 0 bridgehead atoms. The fraction of sp³-hybridized carbons (Fsp3) is 0.417. The van der Waals surface area contributed by atoms with E-state index < -0.39 is 0 Å². The number of nitrogens with one attached hydrogen (secondary N) is 1. The van der Waals surface area contributed by atoms with Crippen LogP contribution in [0.2, 0.25) is 0 Å². The van der Waals surface area contributed by atoms with E-state index in [1.165, 1.54) is 22.7 Å². The Kier molecular flexibility index (Phi) is 4.20. The lowest BCUT2D eigenvalue weighted by Crippen LogP contribution is -2.37. The molecular formula is C12H15ClN2OS. The summed E-state index contributed by atoms with van der Waals surface area (Å²) in [5, 5.41) is 4.48. The van der Waals surface area contributed by atoms with Gasteiger partial charge in [-0.1, -0.05) is 12.1 Å². The SMILES string of the molecule is Cl.c1ccc2c(O[C@H]3CCCNC3)nsc2c1. The number of ether oxygens (including phenoxy) is 1. The van der Waals surface area contributed by atoms with E-state index in [0.29, 0.717) is 0 Å². The number of hydrogen-bond donors (Lipinski definition) is 1. The highest BCUT2D eigenvalue weighted by Crippen LogP contribution is 2.29. The highest BCUT2D eigenvalue weighted by Gasteiger charge is 2.16. The number of nitrogens with zero attached hydrogens (tertiary/aromatic N) is 1. The summed E-state index contributed by atoms with van der Waals surface area (Å²) in [6, 6.07) is 8.22. The van der Waals surface area contributed by atoms with E-state index in [2.05, 4.69) is 21.8 Å². The lowest BCUT2D eigenvalue weighted by Gasteiger charge is -2.22. The number of rotatable bonds is 2. The number of hydrogen-bond acceptors (Lipinski definition) is 4. The summed E-state index contributed by atoms with van der Waals surface area (Å²) in [5.41, 5.74) is 0. The third kappa shape index (κ3) is 2.70. The van der Waals surface area contributed by atoms with Gasteiger partial charge in [-0.3, -0.25) is 0 Å². The Morgan fingerprint density at radius 2 is 2.24 bits per heavy atom. The van der Waals surface area contributed by atoms with Gasteiger partial charge < -0.3 is 10.1 Å². The van der Waals surface area contributed by atoms with Crippen LogP contribution in [0, 0.1) is 0 Å². The maximum atomic E-state index is 5.95. The second-order valence-corrected chi connectivity index (χ2v) is 4.88. The normalized spacial score (nSPS) is 19.9. The molecule has 17 heavy (non-hydrogen) atoms. The topological polar surface area (TPSA) is 34.1 Å². The van der Waals surface area contributed by atoms with Crippen LogP contribution in [0.25, 0.3) is 10.1 Å². The smallest absolute Gasteiger partial charge is 0.233 e. The molecule has 5 heteroatoms. The largest absolute Gasteiger partial charge is 0.472 e. The Balaban J connectivity index is 0.00000108. The molecule has 1 aliphatic heterocycles. The molecule has 0 aliphatic carbocycles. The Morgan fingerprint density at radius 1 is 1.35 bits per heavy atom. The van der Waals surface area contributed by atoms with E-state index in [4.69, 9.17) is 4.74 Å². The maximum absolute atomic E-state index is 5.95. The van der Waals surface area contributed by atoms with E-state index in [0.717, 1.165) is 30.8 Å². The van der Waals surface area contributed by atoms with Gasteiger partial charge in [0.1, 0.15) is 6.10 Å². The molecule has 1 saturated heterocycles. The number of fused-ring (bicyclic) bond motifs is 1. The van der Waals surface area contributed by atoms with Crippen LogP contribution in [-0.4, -0.2) is 23.6 Å². The zero-order chi connectivity index (χ0) is 10.8. The van der Waals surface area contributed by atoms with Crippen molar-refractivity contribution in [2.24, 2.45) is 0 Å². The molecule has 1 aliphatic rings. The molecule has 0 saturated carbocycles. The zero-order valence-corrected chi connectivity index (χ0v) is 11.0. The monoisotopic (exact) mass is 270 g/mol. The van der Waals surface area contributed by atoms with Gasteiger partial charge >= 0.3 is 0 Å². The van der Waals surface area contributed by atoms with Crippen molar-refractivity contribution < 1.29 is 4.74 Å². The average Bonchev–Trinajstić information content (AvgIpc) is 2.74. The molecular weight excluding hydrogens is 256 g/mol. The predicted octanol–water partition coefficient (Wildman–Crippen LogP) is 2.85. The third-order valence-corrected chi connectivity index (χ3v) is 3.68. The average molecular weight is 271 g/mol. The molecule has 0 radical (unpaired) electrons. The van der Waals surface area contributed by atoms with Crippen molar-refractivity contribution in [2.75, 3.05) is 13.1 Å². The second-order valence-electron chi connectivity index (χ2n) is 4.07. The molecule has 1 N–H and O–H groups in total. The summed E-state index contributed by atoms with van der Waals surface area (Å²) in [6.07, 6.45) is 2.59. The van der Waals surface area contributed by atoms with Crippen molar-refractivity contribution in [1.29, 1.82) is 0 Å². The van der Waals surface area contributed by atoms with Crippen LogP contribution in [-0.2, 0) is 0 Å². The number of halogens is 1. The van der Waals surface area contributed by atoms with Gasteiger partial charge in [0.2, 0.25) is 5.88 Å². The lowest BCUT2D eigenvalue weighted by molar-refractivity contribution is 0.164. The first kappa shape index (κ1) is 12.6. The van der Waals surface area contributed by atoms with Crippen LogP contribution in [0.3, 0.4) is 0 Å². The first-order valence-electron chi connectivity index (χ1n) is 5.65. The molecule has 1 aromatic heterocycles. The van der Waals surface area contributed by atoms with Crippen LogP contribution < -0.4 is 10.1 Å². The summed E-state index contributed by atoms with van der Waals surface area (Å²) in [5.74, 6) is 0.800. The summed E-state index contributed by atoms with van der Waals surface area (Å²) in [4.78, 5) is 0. The molecule has 0 spiro atoms. The summed E-state index contributed by atoms with van der Waals surface area (Å²) in [7, 11) is 0. The fourth-order valence-electron chi connectivity index (χ4n) is 2.03. The van der Waals surface area contributed by atoms with Gasteiger partial charge in [0, 0.05) is 6.54 Å². The van der Waals surface area contributed by atoms with Crippen molar-refractivity contribution >= 4 is 34.0 Å². The molecule has 1 atom stereocenters. The minimum atomic E-state index is 0. The van der Waals surface area contributed by atoms with Crippen molar-refractivity contribution in [2.45, 2.75) is 18.9 Å². The van der Waals surface area contributed by atoms with Crippen LogP contribution in [0.1, 0.15) is 12.8 Å². The van der Waals surface area contributed by atoms with Crippen LogP contribution in [0.4, 0.5) is 0 Å². The molecule has 2 heterocycles. The molecule has 2 aromatic rings. The molecule has 1 aromatic carbocycles. The molecule has 1 fully saturated rings. The number of benzene rings is 1. The van der Waals surface area contributed by atoms with Crippen molar-refractivity contribution in [3.63, 3.8) is 0 Å². The molecule has 92 valence electrons. The van der Waals surface area contributed by atoms with Gasteiger partial charge in [-0.2, -0.15) is 4.37 Å². The standard InChI is InChI=1S/C12H14N2OS.ClH/c1-2-6-11-10(5-1)12(14-16-11)15-9-4-3-7-13-8-9;/h1-2,5-6,9,13H,3-4,7-8H2;1H/t9-;/m0./s1. The molecule has 3 rings (SSSR count). The van der Waals surface area contributed by atoms with Crippen molar-refractivity contribution in [1.82, 2.24) is 9.69 Å². The molecule has 0 amide bonds. The number of piperidine rings is 1. The zero-order valence-electron chi connectivity index (χ0n) is 9.39. The van der Waals surface area contributed by atoms with E-state index in [1.54, 1.807) is 0 Å². The van der Waals surface area contributed by atoms with Gasteiger partial charge in [-0.15, -0.1) is 12.4 Å². The molecule has 3 nitrogen and oxygen atoms in total. The molecule has 0 unspecified atom stereocenters. The van der Waals surface area contributed by atoms with Crippen molar-refractivity contribution in [3.8, 4) is 5.88 Å². The minimum Gasteiger partial charge on any atom is -0.472 e. The fourth-order valence-corrected chi connectivity index (χ4v) is 2.74. The van der Waals surface area contributed by atoms with E-state index in [-0.39, 0.29) is 18.5 Å². The van der Waals surface area contributed by atoms with E-state index >= 15 is 0 Å². The van der Waals surface area contributed by atoms with Gasteiger partial charge in [-0.05, 0) is 43.1 Å². The second kappa shape index (κ2) is 5.67. The summed E-state index contributed by atoms with van der Waals surface area (Å²) in [6.45, 7) is 2.05. The van der Waals surface area contributed by atoms with Crippen LogP contribution in [0.5, 0.6) is 5.88 Å². The quantitative estimate of drug-likeness (QED) is 0.911. The first-order valence-corrected chi connectivity index (χ1v) is 6.42. The van der Waals surface area contributed by atoms with Gasteiger partial charge in [0.15, 0.2) is 0 Å². The Bertz CT molecular complexity index is 482. The van der Waals surface area contributed by atoms with Gasteiger partial charge in [0.05, 0.1) is 10.1 Å². The summed E-state index contributed by atoms with van der Waals surface area (Å²) >= 11 is 1.51. The Hall–Kier alpha value is -0.840. The van der Waals surface area contributed by atoms with E-state index in [1.807, 2.05) is 12.1 Å². The Morgan fingerprint density at radius 3 is 3.06 bits per heavy atom. The van der Waals surface area contributed by atoms with Crippen LogP contribution >= 0.6 is 23.9 Å². The highest BCUT2D eigenvalue weighted by atomic mass is 35.5. The number of aromatic nitrogens is 1. The third-order valence-electron chi connectivity index (χ3n) is 2.87. The highest BCUT2D eigenvalue weighted by molar-refractivity contribution is 7.13. The first-order chi connectivity index (χ1) is 7.93. The van der Waals surface area contributed by atoms with Gasteiger partial charge in [-0.25, -0.2) is 0 Å². The Labute approximate surface area is 111 Å². The van der Waals surface area contributed by atoms with Gasteiger partial charge in [0.25, 0.3) is 0 Å². The predicted molar refractivity (Wildman–Crippen MR) is 73.4 cm³/mol. The summed E-state index contributed by atoms with van der Waals surface area (Å²) < 4.78 is 11.5. The maximum Gasteiger partial charge on any atom is 0.233 e.